The summed E-state index contributed by atoms with van der Waals surface area (Å²) >= 11 is 0. The molecule has 0 aromatic heterocycles. The van der Waals surface area contributed by atoms with Gasteiger partial charge in [-0.05, 0) is 43.5 Å². The van der Waals surface area contributed by atoms with Crippen LogP contribution in [0.25, 0.3) is 0 Å². The van der Waals surface area contributed by atoms with Gasteiger partial charge in [0.25, 0.3) is 0 Å². The van der Waals surface area contributed by atoms with Crippen molar-refractivity contribution in [3.05, 3.63) is 29.8 Å². The Hall–Kier alpha value is -0.950. The van der Waals surface area contributed by atoms with Crippen LogP contribution in [0.3, 0.4) is 0 Å². The van der Waals surface area contributed by atoms with E-state index in [1.807, 2.05) is 12.1 Å². The fraction of sp³-hybridized carbons (Fsp3) is 0.625. The fourth-order valence-electron chi connectivity index (χ4n) is 3.71. The van der Waals surface area contributed by atoms with Crippen LogP contribution in [0.1, 0.15) is 18.4 Å². The van der Waals surface area contributed by atoms with Crippen molar-refractivity contribution in [1.29, 1.82) is 0 Å². The molecule has 2 aliphatic heterocycles. The number of fused-ring (bicyclic) bond motifs is 1. The first-order valence-electron chi connectivity index (χ1n) is 7.80. The Kier molecular flexibility index (Phi) is 4.54. The van der Waals surface area contributed by atoms with E-state index in [-0.39, 0.29) is 6.04 Å². The molecule has 2 saturated heterocycles. The lowest BCUT2D eigenvalue weighted by atomic mass is 9.94. The zero-order valence-corrected chi connectivity index (χ0v) is 14.1. The van der Waals surface area contributed by atoms with E-state index in [4.69, 9.17) is 4.74 Å². The average Bonchev–Trinajstić information content (AvgIpc) is 2.88. The highest BCUT2D eigenvalue weighted by molar-refractivity contribution is 7.89. The second kappa shape index (κ2) is 6.28. The van der Waals surface area contributed by atoms with Crippen molar-refractivity contribution in [3.8, 4) is 0 Å². The van der Waals surface area contributed by atoms with Crippen LogP contribution >= 0.6 is 0 Å². The third-order valence-electron chi connectivity index (χ3n) is 4.75. The smallest absolute Gasteiger partial charge is 0.243 e. The van der Waals surface area contributed by atoms with Crippen molar-refractivity contribution in [2.24, 2.45) is 5.92 Å². The first-order chi connectivity index (χ1) is 10.5. The van der Waals surface area contributed by atoms with Gasteiger partial charge >= 0.3 is 0 Å². The molecule has 122 valence electrons. The molecular weight excluding hydrogens is 300 g/mol. The fourth-order valence-corrected chi connectivity index (χ4v) is 5.42. The first kappa shape index (κ1) is 15.9. The van der Waals surface area contributed by atoms with Crippen LogP contribution in [0, 0.1) is 5.92 Å². The summed E-state index contributed by atoms with van der Waals surface area (Å²) < 4.78 is 32.8. The number of benzene rings is 1. The lowest BCUT2D eigenvalue weighted by molar-refractivity contribution is 0.185. The predicted molar refractivity (Wildman–Crippen MR) is 85.1 cm³/mol. The van der Waals surface area contributed by atoms with Crippen molar-refractivity contribution in [2.75, 3.05) is 33.8 Å². The van der Waals surface area contributed by atoms with E-state index in [2.05, 4.69) is 11.9 Å². The molecule has 2 fully saturated rings. The molecule has 0 radical (unpaired) electrons. The lowest BCUT2D eigenvalue weighted by Gasteiger charge is -2.35. The molecule has 2 heterocycles. The number of likely N-dealkylation sites (tertiary alicyclic amines) is 1. The number of nitrogens with zero attached hydrogens (tertiary/aromatic N) is 2. The van der Waals surface area contributed by atoms with Crippen molar-refractivity contribution >= 4 is 10.0 Å². The molecule has 0 aliphatic carbocycles. The average molecular weight is 324 g/mol. The van der Waals surface area contributed by atoms with E-state index in [1.54, 1.807) is 23.5 Å². The third-order valence-corrected chi connectivity index (χ3v) is 6.69. The maximum atomic E-state index is 13.0. The minimum atomic E-state index is -3.41. The Labute approximate surface area is 132 Å². The maximum absolute atomic E-state index is 13.0. The Morgan fingerprint density at radius 1 is 1.23 bits per heavy atom. The number of hydrogen-bond acceptors (Lipinski definition) is 4. The minimum Gasteiger partial charge on any atom is -0.380 e. The molecule has 3 rings (SSSR count). The van der Waals surface area contributed by atoms with Gasteiger partial charge in [-0.15, -0.1) is 0 Å². The molecule has 0 spiro atoms. The lowest BCUT2D eigenvalue weighted by Crippen LogP contribution is -2.48. The van der Waals surface area contributed by atoms with Gasteiger partial charge in [-0.2, -0.15) is 4.31 Å². The van der Waals surface area contributed by atoms with Gasteiger partial charge in [0.2, 0.25) is 10.0 Å². The number of rotatable bonds is 4. The number of piperidine rings is 1. The molecule has 1 aromatic carbocycles. The van der Waals surface area contributed by atoms with Crippen molar-refractivity contribution in [1.82, 2.24) is 9.21 Å². The summed E-state index contributed by atoms with van der Waals surface area (Å²) in [7, 11) is 0.301. The summed E-state index contributed by atoms with van der Waals surface area (Å²) in [5.41, 5.74) is 0.985. The maximum Gasteiger partial charge on any atom is 0.243 e. The quantitative estimate of drug-likeness (QED) is 0.843. The monoisotopic (exact) mass is 324 g/mol. The minimum absolute atomic E-state index is 0.127. The highest BCUT2D eigenvalue weighted by Gasteiger charge is 2.43. The highest BCUT2D eigenvalue weighted by atomic mass is 32.2. The van der Waals surface area contributed by atoms with Crippen molar-refractivity contribution in [2.45, 2.75) is 30.4 Å². The molecular formula is C16H24N2O3S. The summed E-state index contributed by atoms with van der Waals surface area (Å²) in [5, 5.41) is 0. The molecule has 6 heteroatoms. The van der Waals surface area contributed by atoms with Crippen LogP contribution in [0.15, 0.2) is 29.2 Å². The van der Waals surface area contributed by atoms with E-state index in [9.17, 15) is 8.42 Å². The van der Waals surface area contributed by atoms with Gasteiger partial charge in [0, 0.05) is 32.8 Å². The molecule has 1 aromatic rings. The molecule has 2 atom stereocenters. The first-order valence-corrected chi connectivity index (χ1v) is 9.24. The van der Waals surface area contributed by atoms with E-state index in [0.29, 0.717) is 24.0 Å². The zero-order chi connectivity index (χ0) is 15.7. The van der Waals surface area contributed by atoms with Gasteiger partial charge in [0.1, 0.15) is 0 Å². The second-order valence-electron chi connectivity index (χ2n) is 6.38. The van der Waals surface area contributed by atoms with Crippen LogP contribution in [0.4, 0.5) is 0 Å². The van der Waals surface area contributed by atoms with Crippen LogP contribution in [-0.4, -0.2) is 57.5 Å². The normalized spacial score (nSPS) is 27.0. The van der Waals surface area contributed by atoms with Gasteiger partial charge in [-0.25, -0.2) is 8.42 Å². The van der Waals surface area contributed by atoms with E-state index < -0.39 is 10.0 Å². The molecule has 0 unspecified atom stereocenters. The molecule has 2 aliphatic rings. The third kappa shape index (κ3) is 2.93. The number of hydrogen-bond donors (Lipinski definition) is 0. The van der Waals surface area contributed by atoms with E-state index in [1.165, 1.54) is 0 Å². The van der Waals surface area contributed by atoms with Crippen LogP contribution < -0.4 is 0 Å². The second-order valence-corrected chi connectivity index (χ2v) is 8.27. The number of ether oxygens (including phenoxy) is 1. The van der Waals surface area contributed by atoms with E-state index >= 15 is 0 Å². The number of likely N-dealkylation sites (N-methyl/N-ethyl adjacent to an activating group) is 1. The van der Waals surface area contributed by atoms with Gasteiger partial charge < -0.3 is 9.64 Å². The van der Waals surface area contributed by atoms with Crippen LogP contribution in [0.2, 0.25) is 0 Å². The molecule has 5 nitrogen and oxygen atoms in total. The van der Waals surface area contributed by atoms with Crippen molar-refractivity contribution in [3.63, 3.8) is 0 Å². The topological polar surface area (TPSA) is 49.9 Å². The van der Waals surface area contributed by atoms with Crippen LogP contribution in [-0.2, 0) is 21.4 Å². The zero-order valence-electron chi connectivity index (χ0n) is 13.2. The molecule has 0 amide bonds. The Bertz CT molecular complexity index is 615. The summed E-state index contributed by atoms with van der Waals surface area (Å²) in [4.78, 5) is 2.63. The largest absolute Gasteiger partial charge is 0.380 e. The predicted octanol–water partition coefficient (Wildman–Crippen LogP) is 1.55. The van der Waals surface area contributed by atoms with Gasteiger partial charge in [-0.3, -0.25) is 0 Å². The highest BCUT2D eigenvalue weighted by Crippen LogP contribution is 2.33. The summed E-state index contributed by atoms with van der Waals surface area (Å²) in [5.74, 6) is 0.473. The summed E-state index contributed by atoms with van der Waals surface area (Å²) in [6.45, 7) is 2.98. The van der Waals surface area contributed by atoms with Gasteiger partial charge in [0.15, 0.2) is 0 Å². The van der Waals surface area contributed by atoms with Crippen molar-refractivity contribution < 1.29 is 13.2 Å². The molecule has 0 bridgehead atoms. The molecule has 22 heavy (non-hydrogen) atoms. The standard InChI is InChI=1S/C16H24N2O3S/c1-17-10-14-4-3-9-18(16(14)11-17)22(19,20)15-7-5-13(6-8-15)12-21-2/h5-8,14,16H,3-4,9-12H2,1-2H3/t14-,16+/m0/s1. The summed E-state index contributed by atoms with van der Waals surface area (Å²) in [6, 6.07) is 7.19. The number of sulfonamides is 1. The Morgan fingerprint density at radius 3 is 2.64 bits per heavy atom. The molecule has 0 N–H and O–H groups in total. The van der Waals surface area contributed by atoms with Gasteiger partial charge in [0.05, 0.1) is 11.5 Å². The summed E-state index contributed by atoms with van der Waals surface area (Å²) in [6.07, 6.45) is 2.09. The molecule has 0 saturated carbocycles. The van der Waals surface area contributed by atoms with Gasteiger partial charge in [-0.1, -0.05) is 12.1 Å². The Morgan fingerprint density at radius 2 is 1.95 bits per heavy atom. The Balaban J connectivity index is 1.85. The SMILES string of the molecule is COCc1ccc(S(=O)(=O)N2CCC[C@H]3CN(C)C[C@H]32)cc1. The van der Waals surface area contributed by atoms with E-state index in [0.717, 1.165) is 31.5 Å². The number of methoxy groups -OCH3 is 1. The van der Waals surface area contributed by atoms with Crippen LogP contribution in [0.5, 0.6) is 0 Å².